The first-order valence-electron chi connectivity index (χ1n) is 12.8. The van der Waals surface area contributed by atoms with Crippen LogP contribution >= 0.6 is 0 Å². The molecule has 0 bridgehead atoms. The third-order valence-electron chi connectivity index (χ3n) is 6.84. The first kappa shape index (κ1) is 25.9. The van der Waals surface area contributed by atoms with E-state index in [4.69, 9.17) is 24.1 Å². The molecular formula is C30H31FO7. The molecule has 7 nitrogen and oxygen atoms in total. The van der Waals surface area contributed by atoms with Gasteiger partial charge in [0.05, 0.1) is 25.2 Å². The second kappa shape index (κ2) is 10.5. The summed E-state index contributed by atoms with van der Waals surface area (Å²) in [7, 11) is 0. The summed E-state index contributed by atoms with van der Waals surface area (Å²) in [6, 6.07) is 15.6. The summed E-state index contributed by atoms with van der Waals surface area (Å²) < 4.78 is 38.6. The van der Waals surface area contributed by atoms with Crippen molar-refractivity contribution < 1.29 is 38.3 Å². The van der Waals surface area contributed by atoms with E-state index in [0.717, 1.165) is 11.1 Å². The first-order valence-corrected chi connectivity index (χ1v) is 12.8. The first-order chi connectivity index (χ1) is 18.2. The van der Waals surface area contributed by atoms with Gasteiger partial charge in [0.15, 0.2) is 0 Å². The van der Waals surface area contributed by atoms with Crippen molar-refractivity contribution in [1.29, 1.82) is 0 Å². The highest BCUT2D eigenvalue weighted by atomic mass is 19.1. The van der Waals surface area contributed by atoms with E-state index in [1.165, 1.54) is 6.07 Å². The van der Waals surface area contributed by atoms with Gasteiger partial charge in [-0.1, -0.05) is 6.07 Å². The summed E-state index contributed by atoms with van der Waals surface area (Å²) >= 11 is 0. The van der Waals surface area contributed by atoms with Gasteiger partial charge in [0.1, 0.15) is 40.7 Å². The van der Waals surface area contributed by atoms with E-state index in [-0.39, 0.29) is 18.2 Å². The SMILES string of the molecule is CC(C)(O)CCOc1ccc(Oc2ccc(F)c3c2CC[C@H]3Oc2ccc3c(c2)OCC3CC(=O)O)cc1. The molecule has 0 fully saturated rings. The molecule has 200 valence electrons. The van der Waals surface area contributed by atoms with Crippen molar-refractivity contribution in [2.75, 3.05) is 13.2 Å². The Morgan fingerprint density at radius 3 is 2.55 bits per heavy atom. The molecule has 5 rings (SSSR count). The van der Waals surface area contributed by atoms with Gasteiger partial charge < -0.3 is 29.2 Å². The molecule has 3 aromatic rings. The molecule has 2 N–H and O–H groups in total. The molecule has 2 aliphatic rings. The Kier molecular flexibility index (Phi) is 7.17. The Bertz CT molecular complexity index is 1310. The molecule has 1 heterocycles. The normalized spacial score (nSPS) is 17.9. The molecule has 2 atom stereocenters. The predicted molar refractivity (Wildman–Crippen MR) is 138 cm³/mol. The number of carboxylic acids is 1. The van der Waals surface area contributed by atoms with Gasteiger partial charge in [-0.3, -0.25) is 4.79 Å². The zero-order valence-electron chi connectivity index (χ0n) is 21.4. The lowest BCUT2D eigenvalue weighted by molar-refractivity contribution is -0.137. The van der Waals surface area contributed by atoms with Crippen LogP contribution in [-0.2, 0) is 11.2 Å². The van der Waals surface area contributed by atoms with Crippen LogP contribution in [0.15, 0.2) is 54.6 Å². The summed E-state index contributed by atoms with van der Waals surface area (Å²) in [4.78, 5) is 11.1. The van der Waals surface area contributed by atoms with E-state index in [1.54, 1.807) is 56.3 Å². The lowest BCUT2D eigenvalue weighted by Gasteiger charge is -2.18. The maximum absolute atomic E-state index is 15.0. The Morgan fingerprint density at radius 1 is 1.08 bits per heavy atom. The summed E-state index contributed by atoms with van der Waals surface area (Å²) in [5, 5.41) is 18.9. The lowest BCUT2D eigenvalue weighted by atomic mass is 9.98. The fourth-order valence-corrected chi connectivity index (χ4v) is 4.88. The number of fused-ring (bicyclic) bond motifs is 2. The number of ether oxygens (including phenoxy) is 4. The highest BCUT2D eigenvalue weighted by molar-refractivity contribution is 5.68. The standard InChI is InChI=1S/C30H31FO7/c1-30(2,34)13-14-35-19-3-5-20(6-4-19)37-25-12-10-24(31)29-23(25)9-11-26(29)38-21-7-8-22-18(15-28(32)33)17-36-27(22)16-21/h3-8,10,12,16,18,26,34H,9,11,13-15,17H2,1-2H3,(H,32,33)/t18?,26-/m1/s1. The van der Waals surface area contributed by atoms with E-state index in [2.05, 4.69) is 0 Å². The number of rotatable bonds is 10. The molecule has 8 heteroatoms. The van der Waals surface area contributed by atoms with Crippen molar-refractivity contribution in [3.8, 4) is 28.7 Å². The molecule has 1 unspecified atom stereocenters. The Balaban J connectivity index is 1.27. The molecular weight excluding hydrogens is 491 g/mol. The van der Waals surface area contributed by atoms with Gasteiger partial charge in [-0.25, -0.2) is 4.39 Å². The number of hydrogen-bond acceptors (Lipinski definition) is 6. The maximum atomic E-state index is 15.0. The van der Waals surface area contributed by atoms with Crippen molar-refractivity contribution in [3.05, 3.63) is 77.1 Å². The average molecular weight is 523 g/mol. The monoisotopic (exact) mass is 522 g/mol. The summed E-state index contributed by atoms with van der Waals surface area (Å²) in [6.45, 7) is 4.20. The molecule has 0 spiro atoms. The number of carboxylic acid groups (broad SMARTS) is 1. The number of halogens is 1. The quantitative estimate of drug-likeness (QED) is 0.329. The zero-order chi connectivity index (χ0) is 26.9. The molecule has 0 saturated heterocycles. The number of hydrogen-bond donors (Lipinski definition) is 2. The minimum absolute atomic E-state index is 0.00893. The van der Waals surface area contributed by atoms with Crippen LogP contribution in [0, 0.1) is 5.82 Å². The number of aliphatic carboxylic acids is 1. The van der Waals surface area contributed by atoms with Crippen LogP contribution in [0.5, 0.6) is 28.7 Å². The van der Waals surface area contributed by atoms with Crippen LogP contribution < -0.4 is 18.9 Å². The Hall–Kier alpha value is -3.78. The van der Waals surface area contributed by atoms with Gasteiger partial charge in [0, 0.05) is 35.1 Å². The molecule has 0 amide bonds. The van der Waals surface area contributed by atoms with Gasteiger partial charge in [-0.15, -0.1) is 0 Å². The summed E-state index contributed by atoms with van der Waals surface area (Å²) in [5.74, 6) is 1.61. The molecule has 1 aliphatic heterocycles. The third kappa shape index (κ3) is 5.86. The predicted octanol–water partition coefficient (Wildman–Crippen LogP) is 6.17. The minimum Gasteiger partial charge on any atom is -0.493 e. The molecule has 0 aromatic heterocycles. The molecule has 38 heavy (non-hydrogen) atoms. The van der Waals surface area contributed by atoms with Crippen LogP contribution in [0.25, 0.3) is 0 Å². The summed E-state index contributed by atoms with van der Waals surface area (Å²) in [5.41, 5.74) is 1.33. The lowest BCUT2D eigenvalue weighted by Crippen LogP contribution is -2.21. The van der Waals surface area contributed by atoms with Crippen molar-refractivity contribution in [2.45, 2.75) is 57.2 Å². The molecule has 1 aliphatic carbocycles. The van der Waals surface area contributed by atoms with Crippen molar-refractivity contribution >= 4 is 5.97 Å². The fourth-order valence-electron chi connectivity index (χ4n) is 4.88. The van der Waals surface area contributed by atoms with Gasteiger partial charge in [0.2, 0.25) is 0 Å². The highest BCUT2D eigenvalue weighted by Crippen LogP contribution is 2.44. The second-order valence-corrected chi connectivity index (χ2v) is 10.4. The van der Waals surface area contributed by atoms with Gasteiger partial charge >= 0.3 is 5.97 Å². The number of carbonyl (C=O) groups is 1. The van der Waals surface area contributed by atoms with Gasteiger partial charge in [0.25, 0.3) is 0 Å². The van der Waals surface area contributed by atoms with E-state index in [0.29, 0.717) is 66.8 Å². The van der Waals surface area contributed by atoms with Crippen molar-refractivity contribution in [3.63, 3.8) is 0 Å². The second-order valence-electron chi connectivity index (χ2n) is 10.4. The van der Waals surface area contributed by atoms with Crippen LogP contribution in [0.1, 0.15) is 61.8 Å². The molecule has 3 aromatic carbocycles. The van der Waals surface area contributed by atoms with E-state index >= 15 is 0 Å². The van der Waals surface area contributed by atoms with E-state index in [9.17, 15) is 14.3 Å². The third-order valence-corrected chi connectivity index (χ3v) is 6.84. The van der Waals surface area contributed by atoms with Crippen LogP contribution in [-0.4, -0.2) is 35.0 Å². The fraction of sp³-hybridized carbons (Fsp3) is 0.367. The van der Waals surface area contributed by atoms with E-state index in [1.807, 2.05) is 6.07 Å². The average Bonchev–Trinajstić information content (AvgIpc) is 3.46. The highest BCUT2D eigenvalue weighted by Gasteiger charge is 2.32. The minimum atomic E-state index is -0.866. The molecule has 0 radical (unpaired) electrons. The van der Waals surface area contributed by atoms with Crippen LogP contribution in [0.4, 0.5) is 4.39 Å². The van der Waals surface area contributed by atoms with Crippen LogP contribution in [0.3, 0.4) is 0 Å². The van der Waals surface area contributed by atoms with Crippen molar-refractivity contribution in [2.24, 2.45) is 0 Å². The molecule has 0 saturated carbocycles. The Labute approximate surface area is 220 Å². The Morgan fingerprint density at radius 2 is 1.82 bits per heavy atom. The van der Waals surface area contributed by atoms with Gasteiger partial charge in [-0.2, -0.15) is 0 Å². The van der Waals surface area contributed by atoms with Crippen molar-refractivity contribution in [1.82, 2.24) is 0 Å². The number of aliphatic hydroxyl groups is 1. The summed E-state index contributed by atoms with van der Waals surface area (Å²) in [6.07, 6.45) is 1.25. The topological polar surface area (TPSA) is 94.5 Å². The number of benzene rings is 3. The van der Waals surface area contributed by atoms with E-state index < -0.39 is 17.7 Å². The smallest absolute Gasteiger partial charge is 0.304 e. The maximum Gasteiger partial charge on any atom is 0.304 e. The zero-order valence-corrected chi connectivity index (χ0v) is 21.4. The van der Waals surface area contributed by atoms with Gasteiger partial charge in [-0.05, 0) is 69.2 Å². The van der Waals surface area contributed by atoms with Crippen LogP contribution in [0.2, 0.25) is 0 Å². The largest absolute Gasteiger partial charge is 0.493 e.